The Morgan fingerprint density at radius 3 is 2.38 bits per heavy atom. The van der Waals surface area contributed by atoms with Gasteiger partial charge in [0.15, 0.2) is 5.82 Å². The minimum Gasteiger partial charge on any atom is -0.343 e. The number of nitrogens with zero attached hydrogens (tertiary/aromatic N) is 5. The minimum absolute atomic E-state index is 0.00109. The van der Waals surface area contributed by atoms with Crippen LogP contribution in [0, 0.1) is 5.92 Å². The van der Waals surface area contributed by atoms with Gasteiger partial charge in [-0.15, -0.1) is 10.2 Å². The molecule has 1 saturated heterocycles. The summed E-state index contributed by atoms with van der Waals surface area (Å²) in [7, 11) is 0. The van der Waals surface area contributed by atoms with Gasteiger partial charge in [-0.1, -0.05) is 0 Å². The normalized spacial score (nSPS) is 24.7. The highest BCUT2D eigenvalue weighted by atomic mass is 19.4. The average molecular weight is 419 g/mol. The van der Waals surface area contributed by atoms with Crippen LogP contribution in [0.2, 0.25) is 0 Å². The Hall–Kier alpha value is -2.33. The van der Waals surface area contributed by atoms with Crippen molar-refractivity contribution in [1.82, 2.24) is 19.7 Å². The van der Waals surface area contributed by atoms with E-state index in [1.165, 1.54) is 6.33 Å². The second-order valence-electron chi connectivity index (χ2n) is 7.86. The van der Waals surface area contributed by atoms with E-state index in [-0.39, 0.29) is 29.9 Å². The first-order valence-corrected chi connectivity index (χ1v) is 9.31. The summed E-state index contributed by atoms with van der Waals surface area (Å²) in [4.78, 5) is 5.18. The molecule has 3 heterocycles. The predicted molar refractivity (Wildman–Crippen MR) is 91.0 cm³/mol. The summed E-state index contributed by atoms with van der Waals surface area (Å²) in [6.45, 7) is 3.82. The summed E-state index contributed by atoms with van der Waals surface area (Å²) in [6, 6.07) is 0.124. The first-order valence-electron chi connectivity index (χ1n) is 9.31. The molecule has 29 heavy (non-hydrogen) atoms. The molecule has 3 atom stereocenters. The van der Waals surface area contributed by atoms with E-state index in [0.717, 1.165) is 6.42 Å². The van der Waals surface area contributed by atoms with Crippen LogP contribution in [0.25, 0.3) is 0 Å². The fourth-order valence-electron chi connectivity index (χ4n) is 4.47. The lowest BCUT2D eigenvalue weighted by atomic mass is 9.97. The number of alkyl halides is 6. The molecule has 2 aliphatic rings. The van der Waals surface area contributed by atoms with Crippen LogP contribution in [0.4, 0.5) is 32.2 Å². The highest BCUT2D eigenvalue weighted by molar-refractivity contribution is 5.49. The lowest BCUT2D eigenvalue weighted by molar-refractivity contribution is -0.145. The molecule has 2 bridgehead atoms. The van der Waals surface area contributed by atoms with Crippen LogP contribution >= 0.6 is 0 Å². The highest BCUT2D eigenvalue weighted by Gasteiger charge is 2.50. The molecule has 0 amide bonds. The van der Waals surface area contributed by atoms with Crippen LogP contribution in [0.1, 0.15) is 62.3 Å². The Bertz CT molecular complexity index is 871. The van der Waals surface area contributed by atoms with Gasteiger partial charge in [0.25, 0.3) is 0 Å². The maximum Gasteiger partial charge on any atom is 0.433 e. The fourth-order valence-corrected chi connectivity index (χ4v) is 4.47. The SMILES string of the molecule is CC(C)n1cnnc1[C@@H]1[C@H]2CC[C@H](C2)N1c1cc(C(F)(F)F)cc(C(F)(F)F)n1. The molecule has 1 saturated carbocycles. The van der Waals surface area contributed by atoms with Crippen LogP contribution in [0.5, 0.6) is 0 Å². The Balaban J connectivity index is 1.85. The molecule has 0 spiro atoms. The van der Waals surface area contributed by atoms with Crippen molar-refractivity contribution in [3.8, 4) is 0 Å². The fraction of sp³-hybridized carbons (Fsp3) is 0.611. The van der Waals surface area contributed by atoms with Crippen molar-refractivity contribution in [3.63, 3.8) is 0 Å². The lowest BCUT2D eigenvalue weighted by Gasteiger charge is -2.36. The van der Waals surface area contributed by atoms with Gasteiger partial charge in [-0.2, -0.15) is 26.3 Å². The average Bonchev–Trinajstić information content (AvgIpc) is 3.34. The van der Waals surface area contributed by atoms with Gasteiger partial charge in [0.05, 0.1) is 11.6 Å². The van der Waals surface area contributed by atoms with E-state index in [9.17, 15) is 26.3 Å². The van der Waals surface area contributed by atoms with E-state index < -0.39 is 29.7 Å². The first-order chi connectivity index (χ1) is 13.5. The monoisotopic (exact) mass is 419 g/mol. The molecule has 2 fully saturated rings. The van der Waals surface area contributed by atoms with Gasteiger partial charge < -0.3 is 9.47 Å². The standard InChI is InChI=1S/C18H19F6N5/c1-9(2)28-8-25-27-16(28)15-10-3-4-12(5-10)29(15)14-7-11(17(19,20)21)6-13(26-14)18(22,23)24/h6-10,12,15H,3-5H2,1-2H3/t10-,12+,15-/m0/s1. The number of rotatable bonds is 3. The van der Waals surface area contributed by atoms with Gasteiger partial charge in [0.1, 0.15) is 17.8 Å². The number of aromatic nitrogens is 4. The van der Waals surface area contributed by atoms with Crippen molar-refractivity contribution in [2.45, 2.75) is 63.6 Å². The molecular weight excluding hydrogens is 400 g/mol. The summed E-state index contributed by atoms with van der Waals surface area (Å²) in [5.74, 6) is 0.301. The van der Waals surface area contributed by atoms with Crippen molar-refractivity contribution in [2.75, 3.05) is 4.90 Å². The number of hydrogen-bond acceptors (Lipinski definition) is 4. The van der Waals surface area contributed by atoms with Crippen LogP contribution in [-0.2, 0) is 12.4 Å². The van der Waals surface area contributed by atoms with Gasteiger partial charge in [-0.05, 0) is 51.2 Å². The largest absolute Gasteiger partial charge is 0.433 e. The number of anilines is 1. The summed E-state index contributed by atoms with van der Waals surface area (Å²) in [5, 5.41) is 8.07. The number of fused-ring (bicyclic) bond motifs is 2. The van der Waals surface area contributed by atoms with Gasteiger partial charge in [0.2, 0.25) is 0 Å². The van der Waals surface area contributed by atoms with Gasteiger partial charge in [-0.3, -0.25) is 0 Å². The molecular formula is C18H19F6N5. The van der Waals surface area contributed by atoms with Crippen molar-refractivity contribution >= 4 is 5.82 Å². The van der Waals surface area contributed by atoms with Gasteiger partial charge >= 0.3 is 12.4 Å². The van der Waals surface area contributed by atoms with E-state index in [4.69, 9.17) is 0 Å². The topological polar surface area (TPSA) is 46.8 Å². The Kier molecular flexibility index (Phi) is 4.54. The number of pyridine rings is 1. The molecule has 2 aromatic heterocycles. The van der Waals surface area contributed by atoms with E-state index in [1.54, 1.807) is 9.47 Å². The maximum absolute atomic E-state index is 13.3. The number of piperidine rings is 1. The van der Waals surface area contributed by atoms with Crippen molar-refractivity contribution in [3.05, 3.63) is 35.5 Å². The number of hydrogen-bond donors (Lipinski definition) is 0. The Morgan fingerprint density at radius 1 is 1.03 bits per heavy atom. The predicted octanol–water partition coefficient (Wildman–Crippen LogP) is 5.02. The van der Waals surface area contributed by atoms with E-state index in [0.29, 0.717) is 24.7 Å². The summed E-state index contributed by atoms with van der Waals surface area (Å²) in [5.41, 5.74) is -2.91. The summed E-state index contributed by atoms with van der Waals surface area (Å²) in [6.07, 6.45) is -6.16. The second-order valence-corrected chi connectivity index (χ2v) is 7.86. The van der Waals surface area contributed by atoms with Crippen molar-refractivity contribution in [1.29, 1.82) is 0 Å². The second kappa shape index (κ2) is 6.60. The van der Waals surface area contributed by atoms with Crippen LogP contribution in [0.15, 0.2) is 18.5 Å². The van der Waals surface area contributed by atoms with Crippen molar-refractivity contribution < 1.29 is 26.3 Å². The zero-order valence-corrected chi connectivity index (χ0v) is 15.7. The molecule has 0 unspecified atom stereocenters. The Morgan fingerprint density at radius 2 is 1.76 bits per heavy atom. The molecule has 0 N–H and O–H groups in total. The maximum atomic E-state index is 13.3. The zero-order chi connectivity index (χ0) is 21.1. The van der Waals surface area contributed by atoms with E-state index in [2.05, 4.69) is 15.2 Å². The molecule has 158 valence electrons. The molecule has 4 rings (SSSR count). The van der Waals surface area contributed by atoms with Crippen LogP contribution in [0.3, 0.4) is 0 Å². The van der Waals surface area contributed by atoms with Crippen LogP contribution < -0.4 is 4.90 Å². The number of halogens is 6. The molecule has 1 aliphatic heterocycles. The van der Waals surface area contributed by atoms with E-state index >= 15 is 0 Å². The molecule has 0 aromatic carbocycles. The summed E-state index contributed by atoms with van der Waals surface area (Å²) < 4.78 is 81.6. The van der Waals surface area contributed by atoms with E-state index in [1.807, 2.05) is 13.8 Å². The minimum atomic E-state index is -4.98. The first kappa shape index (κ1) is 20.0. The molecule has 0 radical (unpaired) electrons. The zero-order valence-electron chi connectivity index (χ0n) is 15.7. The molecule has 2 aromatic rings. The quantitative estimate of drug-likeness (QED) is 0.656. The smallest absolute Gasteiger partial charge is 0.343 e. The third-order valence-electron chi connectivity index (χ3n) is 5.70. The summed E-state index contributed by atoms with van der Waals surface area (Å²) >= 11 is 0. The van der Waals surface area contributed by atoms with Crippen molar-refractivity contribution in [2.24, 2.45) is 5.92 Å². The molecule has 1 aliphatic carbocycles. The third-order valence-corrected chi connectivity index (χ3v) is 5.70. The van der Waals surface area contributed by atoms with Crippen LogP contribution in [-0.4, -0.2) is 25.8 Å². The molecule has 5 nitrogen and oxygen atoms in total. The Labute approximate surface area is 162 Å². The van der Waals surface area contributed by atoms with Gasteiger partial charge in [-0.25, -0.2) is 4.98 Å². The molecule has 11 heteroatoms. The van der Waals surface area contributed by atoms with Gasteiger partial charge in [0, 0.05) is 12.1 Å². The highest BCUT2D eigenvalue weighted by Crippen LogP contribution is 2.52. The third kappa shape index (κ3) is 3.44. The lowest BCUT2D eigenvalue weighted by Crippen LogP contribution is -2.38.